The molecule has 1 aromatic rings. The molecule has 0 spiro atoms. The third kappa shape index (κ3) is 6.31. The number of ether oxygens (including phenoxy) is 2. The van der Waals surface area contributed by atoms with E-state index in [2.05, 4.69) is 5.32 Å². The van der Waals surface area contributed by atoms with Gasteiger partial charge >= 0.3 is 6.18 Å². The Hall–Kier alpha value is -1.80. The molecule has 2 atom stereocenters. The molecule has 124 valence electrons. The summed E-state index contributed by atoms with van der Waals surface area (Å²) in [6.07, 6.45) is -6.98. The fourth-order valence-corrected chi connectivity index (χ4v) is 1.79. The average molecular weight is 320 g/mol. The van der Waals surface area contributed by atoms with E-state index in [0.29, 0.717) is 5.69 Å². The number of hydrogen-bond acceptors (Lipinski definition) is 4. The number of anilines is 1. The molecule has 0 saturated carbocycles. The number of nitrogens with one attached hydrogen (secondary N) is 1. The molecule has 8 heteroatoms. The van der Waals surface area contributed by atoms with Gasteiger partial charge in [0.15, 0.2) is 6.10 Å². The van der Waals surface area contributed by atoms with E-state index >= 15 is 0 Å². The van der Waals surface area contributed by atoms with Gasteiger partial charge in [-0.1, -0.05) is 0 Å². The summed E-state index contributed by atoms with van der Waals surface area (Å²) in [4.78, 5) is 10.9. The third-order valence-corrected chi connectivity index (χ3v) is 2.72. The molecular weight excluding hydrogens is 301 g/mol. The summed E-state index contributed by atoms with van der Waals surface area (Å²) in [6.45, 7) is 1.35. The first-order chi connectivity index (χ1) is 10.2. The number of carbonyl (C=O) groups excluding carboxylic acids is 1. The number of carbonyl (C=O) groups is 1. The Labute approximate surface area is 126 Å². The maximum Gasteiger partial charge on any atom is 0.425 e. The first-order valence-electron chi connectivity index (χ1n) is 6.58. The predicted molar refractivity (Wildman–Crippen MR) is 75.7 cm³/mol. The standard InChI is InChI=1S/C14H19F3N2O3/c1-9(20)19-11-3-5-12(6-4-11)22-13(14(15,16)17)7-10(18)8-21-2/h3-6,10,13H,7-8,18H2,1-2H3,(H,19,20)/t10-,13+/m0/s1. The van der Waals surface area contributed by atoms with E-state index < -0.39 is 24.7 Å². The van der Waals surface area contributed by atoms with Gasteiger partial charge in [-0.2, -0.15) is 13.2 Å². The zero-order valence-corrected chi connectivity index (χ0v) is 12.3. The summed E-state index contributed by atoms with van der Waals surface area (Å²) >= 11 is 0. The van der Waals surface area contributed by atoms with Gasteiger partial charge in [0.2, 0.25) is 5.91 Å². The van der Waals surface area contributed by atoms with Crippen molar-refractivity contribution in [3.8, 4) is 5.75 Å². The highest BCUT2D eigenvalue weighted by Gasteiger charge is 2.42. The van der Waals surface area contributed by atoms with E-state index in [1.54, 1.807) is 0 Å². The summed E-state index contributed by atoms with van der Waals surface area (Å²) in [6, 6.07) is 4.84. The Morgan fingerprint density at radius 1 is 1.32 bits per heavy atom. The van der Waals surface area contributed by atoms with E-state index in [1.807, 2.05) is 0 Å². The first kappa shape index (κ1) is 18.2. The van der Waals surface area contributed by atoms with Crippen molar-refractivity contribution in [2.45, 2.75) is 31.7 Å². The Morgan fingerprint density at radius 3 is 2.36 bits per heavy atom. The quantitative estimate of drug-likeness (QED) is 0.808. The number of hydrogen-bond donors (Lipinski definition) is 2. The molecule has 0 aromatic heterocycles. The lowest BCUT2D eigenvalue weighted by Crippen LogP contribution is -2.41. The van der Waals surface area contributed by atoms with E-state index in [1.165, 1.54) is 38.3 Å². The van der Waals surface area contributed by atoms with Crippen LogP contribution >= 0.6 is 0 Å². The molecule has 1 amide bonds. The van der Waals surface area contributed by atoms with Crippen LogP contribution in [0.5, 0.6) is 5.75 Å². The molecule has 0 fully saturated rings. The molecule has 22 heavy (non-hydrogen) atoms. The largest absolute Gasteiger partial charge is 0.481 e. The normalized spacial score (nSPS) is 14.3. The second kappa shape index (κ2) is 8.00. The van der Waals surface area contributed by atoms with E-state index in [-0.39, 0.29) is 18.3 Å². The fraction of sp³-hybridized carbons (Fsp3) is 0.500. The lowest BCUT2D eigenvalue weighted by atomic mass is 10.1. The highest BCUT2D eigenvalue weighted by atomic mass is 19.4. The molecule has 5 nitrogen and oxygen atoms in total. The highest BCUT2D eigenvalue weighted by molar-refractivity contribution is 5.88. The molecule has 0 heterocycles. The van der Waals surface area contributed by atoms with Gasteiger partial charge in [-0.15, -0.1) is 0 Å². The number of benzene rings is 1. The van der Waals surface area contributed by atoms with Crippen LogP contribution in [0.1, 0.15) is 13.3 Å². The number of nitrogens with two attached hydrogens (primary N) is 1. The van der Waals surface area contributed by atoms with Crippen LogP contribution in [-0.4, -0.2) is 37.9 Å². The van der Waals surface area contributed by atoms with Crippen LogP contribution in [0, 0.1) is 0 Å². The van der Waals surface area contributed by atoms with Crippen LogP contribution < -0.4 is 15.8 Å². The lowest BCUT2D eigenvalue weighted by molar-refractivity contribution is -0.198. The van der Waals surface area contributed by atoms with Gasteiger partial charge in [-0.3, -0.25) is 4.79 Å². The van der Waals surface area contributed by atoms with Crippen LogP contribution in [0.15, 0.2) is 24.3 Å². The molecule has 3 N–H and O–H groups in total. The number of alkyl halides is 3. The van der Waals surface area contributed by atoms with Gasteiger partial charge in [0.1, 0.15) is 5.75 Å². The van der Waals surface area contributed by atoms with Gasteiger partial charge in [0.25, 0.3) is 0 Å². The zero-order valence-electron chi connectivity index (χ0n) is 12.3. The van der Waals surface area contributed by atoms with Crippen molar-refractivity contribution < 1.29 is 27.4 Å². The van der Waals surface area contributed by atoms with Crippen molar-refractivity contribution in [3.05, 3.63) is 24.3 Å². The van der Waals surface area contributed by atoms with Crippen LogP contribution in [0.25, 0.3) is 0 Å². The minimum atomic E-state index is -4.54. The number of halogens is 3. The van der Waals surface area contributed by atoms with Crippen molar-refractivity contribution in [1.29, 1.82) is 0 Å². The van der Waals surface area contributed by atoms with Gasteiger partial charge in [0, 0.05) is 32.2 Å². The summed E-state index contributed by atoms with van der Waals surface area (Å²) in [5, 5.41) is 2.51. The second-order valence-corrected chi connectivity index (χ2v) is 4.80. The topological polar surface area (TPSA) is 73.6 Å². The zero-order chi connectivity index (χ0) is 16.8. The molecule has 1 aromatic carbocycles. The summed E-state index contributed by atoms with van der Waals surface area (Å²) < 4.78 is 48.7. The molecule has 0 bridgehead atoms. The number of amides is 1. The third-order valence-electron chi connectivity index (χ3n) is 2.72. The van der Waals surface area contributed by atoms with Crippen LogP contribution in [0.2, 0.25) is 0 Å². The molecule has 0 aliphatic heterocycles. The van der Waals surface area contributed by atoms with Crippen LogP contribution in [0.3, 0.4) is 0 Å². The maximum atomic E-state index is 13.0. The Morgan fingerprint density at radius 2 is 1.91 bits per heavy atom. The lowest BCUT2D eigenvalue weighted by Gasteiger charge is -2.24. The minimum Gasteiger partial charge on any atom is -0.481 e. The van der Waals surface area contributed by atoms with E-state index in [9.17, 15) is 18.0 Å². The van der Waals surface area contributed by atoms with Gasteiger partial charge in [0.05, 0.1) is 6.61 Å². The van der Waals surface area contributed by atoms with Crippen molar-refractivity contribution in [2.24, 2.45) is 5.73 Å². The maximum absolute atomic E-state index is 13.0. The Kier molecular flexibility index (Phi) is 6.63. The van der Waals surface area contributed by atoms with E-state index in [4.69, 9.17) is 15.2 Å². The van der Waals surface area contributed by atoms with Crippen LogP contribution in [0.4, 0.5) is 18.9 Å². The van der Waals surface area contributed by atoms with Gasteiger partial charge < -0.3 is 20.5 Å². The molecule has 1 rings (SSSR count). The summed E-state index contributed by atoms with van der Waals surface area (Å²) in [5.74, 6) is -0.228. The molecular formula is C14H19F3N2O3. The number of methoxy groups -OCH3 is 1. The predicted octanol–water partition coefficient (Wildman–Crippen LogP) is 2.32. The number of rotatable bonds is 7. The highest BCUT2D eigenvalue weighted by Crippen LogP contribution is 2.28. The first-order valence-corrected chi connectivity index (χ1v) is 6.58. The van der Waals surface area contributed by atoms with E-state index in [0.717, 1.165) is 0 Å². The summed E-state index contributed by atoms with van der Waals surface area (Å²) in [7, 11) is 1.37. The Balaban J connectivity index is 2.75. The van der Waals surface area contributed by atoms with Crippen molar-refractivity contribution in [3.63, 3.8) is 0 Å². The molecule has 0 radical (unpaired) electrons. The molecule has 0 aliphatic carbocycles. The molecule has 0 aliphatic rings. The average Bonchev–Trinajstić information content (AvgIpc) is 2.38. The van der Waals surface area contributed by atoms with Gasteiger partial charge in [-0.05, 0) is 24.3 Å². The fourth-order valence-electron chi connectivity index (χ4n) is 1.79. The molecule has 0 unspecified atom stereocenters. The van der Waals surface area contributed by atoms with Gasteiger partial charge in [-0.25, -0.2) is 0 Å². The second-order valence-electron chi connectivity index (χ2n) is 4.80. The van der Waals surface area contributed by atoms with Crippen molar-refractivity contribution in [2.75, 3.05) is 19.0 Å². The summed E-state index contributed by atoms with van der Waals surface area (Å²) in [5.41, 5.74) is 6.03. The van der Waals surface area contributed by atoms with Crippen molar-refractivity contribution in [1.82, 2.24) is 0 Å². The van der Waals surface area contributed by atoms with Crippen LogP contribution in [-0.2, 0) is 9.53 Å². The smallest absolute Gasteiger partial charge is 0.425 e. The SMILES string of the molecule is COC[C@@H](N)C[C@@H](Oc1ccc(NC(C)=O)cc1)C(F)(F)F. The van der Waals surface area contributed by atoms with Crippen molar-refractivity contribution >= 4 is 11.6 Å². The Bertz CT molecular complexity index is 477. The monoisotopic (exact) mass is 320 g/mol. The minimum absolute atomic E-state index is 0.0113. The molecule has 0 saturated heterocycles.